The van der Waals surface area contributed by atoms with E-state index >= 15 is 0 Å². The number of aromatic nitrogens is 2. The number of guanidine groups is 1. The van der Waals surface area contributed by atoms with E-state index in [0.29, 0.717) is 30.7 Å². The molecule has 1 aromatic heterocycles. The summed E-state index contributed by atoms with van der Waals surface area (Å²) in [7, 11) is 0. The molecule has 0 aliphatic carbocycles. The van der Waals surface area contributed by atoms with Gasteiger partial charge in [-0.05, 0) is 0 Å². The molecule has 0 spiro atoms. The van der Waals surface area contributed by atoms with Crippen LogP contribution in [0.25, 0.3) is 0 Å². The Morgan fingerprint density at radius 1 is 1.23 bits per heavy atom. The van der Waals surface area contributed by atoms with Gasteiger partial charge in [0.25, 0.3) is 0 Å². The first-order valence-electron chi connectivity index (χ1n) is 3.93. The van der Waals surface area contributed by atoms with Crippen LogP contribution in [0.3, 0.4) is 0 Å². The largest absolute Gasteiger partial charge is 0.381 e. The van der Waals surface area contributed by atoms with Gasteiger partial charge in [0.2, 0.25) is 0 Å². The molecule has 68 valence electrons. The Balaban J connectivity index is 2.36. The smallest absolute Gasteiger partial charge is 0.197 e. The maximum absolute atomic E-state index is 5.64. The van der Waals surface area contributed by atoms with Gasteiger partial charge in [0, 0.05) is 18.9 Å². The third-order valence-corrected chi connectivity index (χ3v) is 1.84. The molecule has 0 amide bonds. The second kappa shape index (κ2) is 2.89. The van der Waals surface area contributed by atoms with Gasteiger partial charge in [-0.15, -0.1) is 0 Å². The van der Waals surface area contributed by atoms with Gasteiger partial charge in [-0.3, -0.25) is 9.89 Å². The molecule has 1 aliphatic rings. The number of nitrogens with zero attached hydrogens (tertiary/aromatic N) is 4. The minimum Gasteiger partial charge on any atom is -0.381 e. The molecule has 0 radical (unpaired) electrons. The predicted octanol–water partition coefficient (Wildman–Crippen LogP) is -0.807. The van der Waals surface area contributed by atoms with Crippen LogP contribution >= 0.6 is 0 Å². The molecule has 13 heavy (non-hydrogen) atoms. The van der Waals surface area contributed by atoms with Crippen LogP contribution in [-0.2, 0) is 0 Å². The summed E-state index contributed by atoms with van der Waals surface area (Å²) >= 11 is 0. The molecule has 1 aliphatic heterocycles. The van der Waals surface area contributed by atoms with Crippen LogP contribution in [0.2, 0.25) is 0 Å². The Morgan fingerprint density at radius 3 is 2.62 bits per heavy atom. The number of nitrogen functional groups attached to an aromatic ring is 1. The summed E-state index contributed by atoms with van der Waals surface area (Å²) in [6.45, 7) is 1.40. The average molecular weight is 178 g/mol. The molecule has 6 nitrogen and oxygen atoms in total. The van der Waals surface area contributed by atoms with Crippen LogP contribution < -0.4 is 16.4 Å². The van der Waals surface area contributed by atoms with Crippen molar-refractivity contribution < 1.29 is 0 Å². The van der Waals surface area contributed by atoms with Gasteiger partial charge in [-0.1, -0.05) is 0 Å². The third-order valence-electron chi connectivity index (χ3n) is 1.84. The van der Waals surface area contributed by atoms with Crippen LogP contribution in [0.5, 0.6) is 0 Å². The SMILES string of the molecule is NC1=NCCN1c1nccnc1N. The summed E-state index contributed by atoms with van der Waals surface area (Å²) in [5.74, 6) is 1.41. The standard InChI is InChI=1S/C7H10N6/c8-5-6(11-2-1-10-5)13-4-3-12-7(13)9/h1-2H,3-4H2,(H2,8,10)(H2,9,12). The first-order valence-corrected chi connectivity index (χ1v) is 3.93. The Bertz CT molecular complexity index is 347. The Labute approximate surface area is 75.3 Å². The van der Waals surface area contributed by atoms with Crippen molar-refractivity contribution in [3.63, 3.8) is 0 Å². The summed E-state index contributed by atoms with van der Waals surface area (Å²) in [5, 5.41) is 0. The van der Waals surface area contributed by atoms with Gasteiger partial charge < -0.3 is 11.5 Å². The van der Waals surface area contributed by atoms with E-state index in [1.807, 2.05) is 0 Å². The van der Waals surface area contributed by atoms with Crippen LogP contribution in [-0.4, -0.2) is 29.0 Å². The predicted molar refractivity (Wildman–Crippen MR) is 50.3 cm³/mol. The molecule has 4 N–H and O–H groups in total. The highest BCUT2D eigenvalue weighted by molar-refractivity contribution is 5.97. The summed E-state index contributed by atoms with van der Waals surface area (Å²) < 4.78 is 0. The molecule has 0 aromatic carbocycles. The van der Waals surface area contributed by atoms with E-state index < -0.39 is 0 Å². The van der Waals surface area contributed by atoms with E-state index in [1.165, 1.54) is 0 Å². The van der Waals surface area contributed by atoms with E-state index in [2.05, 4.69) is 15.0 Å². The monoisotopic (exact) mass is 178 g/mol. The molecular formula is C7H10N6. The summed E-state index contributed by atoms with van der Waals surface area (Å²) in [5.41, 5.74) is 11.3. The molecule has 2 heterocycles. The molecule has 0 fully saturated rings. The van der Waals surface area contributed by atoms with Crippen molar-refractivity contribution in [1.29, 1.82) is 0 Å². The van der Waals surface area contributed by atoms with Gasteiger partial charge in [-0.2, -0.15) is 0 Å². The second-order valence-electron chi connectivity index (χ2n) is 2.66. The number of nitrogens with two attached hydrogens (primary N) is 2. The zero-order valence-corrected chi connectivity index (χ0v) is 7.01. The lowest BCUT2D eigenvalue weighted by Crippen LogP contribution is -2.35. The Hall–Kier alpha value is -1.85. The van der Waals surface area contributed by atoms with Crippen molar-refractivity contribution in [3.05, 3.63) is 12.4 Å². The molecule has 0 unspecified atom stereocenters. The summed E-state index contributed by atoms with van der Waals surface area (Å²) in [4.78, 5) is 13.8. The lowest BCUT2D eigenvalue weighted by atomic mass is 10.5. The van der Waals surface area contributed by atoms with E-state index in [4.69, 9.17) is 11.5 Å². The lowest BCUT2D eigenvalue weighted by Gasteiger charge is -2.16. The Morgan fingerprint density at radius 2 is 2.00 bits per heavy atom. The lowest BCUT2D eigenvalue weighted by molar-refractivity contribution is 0.990. The summed E-state index contributed by atoms with van der Waals surface area (Å²) in [6.07, 6.45) is 3.12. The van der Waals surface area contributed by atoms with Gasteiger partial charge in [0.1, 0.15) is 0 Å². The third kappa shape index (κ3) is 1.26. The summed E-state index contributed by atoms with van der Waals surface area (Å²) in [6, 6.07) is 0. The molecular weight excluding hydrogens is 168 g/mol. The van der Waals surface area contributed by atoms with Crippen LogP contribution in [0.15, 0.2) is 17.4 Å². The van der Waals surface area contributed by atoms with Gasteiger partial charge in [-0.25, -0.2) is 9.97 Å². The van der Waals surface area contributed by atoms with Crippen molar-refractivity contribution >= 4 is 17.6 Å². The first-order chi connectivity index (χ1) is 6.29. The number of hydrogen-bond donors (Lipinski definition) is 2. The molecule has 0 bridgehead atoms. The highest BCUT2D eigenvalue weighted by Crippen LogP contribution is 2.17. The molecule has 6 heteroatoms. The highest BCUT2D eigenvalue weighted by atomic mass is 15.3. The normalized spacial score (nSPS) is 16.0. The average Bonchev–Trinajstić information content (AvgIpc) is 2.52. The fourth-order valence-electron chi connectivity index (χ4n) is 1.23. The highest BCUT2D eigenvalue weighted by Gasteiger charge is 2.19. The fourth-order valence-corrected chi connectivity index (χ4v) is 1.23. The second-order valence-corrected chi connectivity index (χ2v) is 2.66. The first kappa shape index (κ1) is 7.78. The fraction of sp³-hybridized carbons (Fsp3) is 0.286. The molecule has 1 aromatic rings. The Kier molecular flexibility index (Phi) is 1.73. The minimum atomic E-state index is 0.377. The molecule has 0 saturated carbocycles. The molecule has 0 saturated heterocycles. The van der Waals surface area contributed by atoms with Crippen LogP contribution in [0.4, 0.5) is 11.6 Å². The van der Waals surface area contributed by atoms with E-state index in [9.17, 15) is 0 Å². The van der Waals surface area contributed by atoms with Gasteiger partial charge in [0.05, 0.1) is 6.54 Å². The zero-order valence-electron chi connectivity index (χ0n) is 7.01. The van der Waals surface area contributed by atoms with Crippen molar-refractivity contribution in [2.24, 2.45) is 10.7 Å². The molecule has 0 atom stereocenters. The number of rotatable bonds is 1. The minimum absolute atomic E-state index is 0.377. The van der Waals surface area contributed by atoms with E-state index in [0.717, 1.165) is 0 Å². The molecule has 2 rings (SSSR count). The quantitative estimate of drug-likeness (QED) is 0.586. The maximum atomic E-state index is 5.64. The van der Waals surface area contributed by atoms with Gasteiger partial charge in [0.15, 0.2) is 17.6 Å². The van der Waals surface area contributed by atoms with E-state index in [1.54, 1.807) is 17.3 Å². The maximum Gasteiger partial charge on any atom is 0.197 e. The number of aliphatic imine (C=N–C) groups is 1. The number of anilines is 2. The van der Waals surface area contributed by atoms with Crippen molar-refractivity contribution in [1.82, 2.24) is 9.97 Å². The van der Waals surface area contributed by atoms with Crippen molar-refractivity contribution in [2.75, 3.05) is 23.7 Å². The zero-order chi connectivity index (χ0) is 9.26. The van der Waals surface area contributed by atoms with Crippen molar-refractivity contribution in [2.45, 2.75) is 0 Å². The topological polar surface area (TPSA) is 93.4 Å². The number of hydrogen-bond acceptors (Lipinski definition) is 6. The van der Waals surface area contributed by atoms with Crippen LogP contribution in [0.1, 0.15) is 0 Å². The van der Waals surface area contributed by atoms with Crippen LogP contribution in [0, 0.1) is 0 Å². The van der Waals surface area contributed by atoms with Crippen molar-refractivity contribution in [3.8, 4) is 0 Å². The van der Waals surface area contributed by atoms with Gasteiger partial charge >= 0.3 is 0 Å². The van der Waals surface area contributed by atoms with E-state index in [-0.39, 0.29) is 0 Å².